The van der Waals surface area contributed by atoms with Gasteiger partial charge in [-0.05, 0) is 29.8 Å². The van der Waals surface area contributed by atoms with Crippen LogP contribution in [-0.2, 0) is 11.3 Å². The monoisotopic (exact) mass is 357 g/mol. The summed E-state index contributed by atoms with van der Waals surface area (Å²) < 4.78 is 7.33. The number of thiol groups is 1. The lowest BCUT2D eigenvalue weighted by Gasteiger charge is -2.03. The summed E-state index contributed by atoms with van der Waals surface area (Å²) in [6, 6.07) is 14.0. The van der Waals surface area contributed by atoms with Gasteiger partial charge in [0.25, 0.3) is 0 Å². The normalized spacial score (nSPS) is 10.8. The number of carbonyl (C=O) groups excluding carboxylic acids is 1. The third-order valence-electron chi connectivity index (χ3n) is 3.77. The molecule has 0 unspecified atom stereocenters. The first-order valence-electron chi connectivity index (χ1n) is 8.41. The van der Waals surface area contributed by atoms with Crippen LogP contribution in [0.15, 0.2) is 48.7 Å². The number of benzene rings is 1. The zero-order chi connectivity index (χ0) is 17.9. The van der Waals surface area contributed by atoms with Gasteiger partial charge in [-0.3, -0.25) is 4.79 Å². The summed E-state index contributed by atoms with van der Waals surface area (Å²) in [4.78, 5) is 11.7. The summed E-state index contributed by atoms with van der Waals surface area (Å²) in [5, 5.41) is 2.84. The lowest BCUT2D eigenvalue weighted by molar-refractivity contribution is -0.698. The summed E-state index contributed by atoms with van der Waals surface area (Å²) in [6.45, 7) is 1.42. The van der Waals surface area contributed by atoms with Crippen molar-refractivity contribution in [1.82, 2.24) is 5.32 Å². The van der Waals surface area contributed by atoms with Crippen LogP contribution in [0, 0.1) is 0 Å². The van der Waals surface area contributed by atoms with Crippen LogP contribution in [0.5, 0.6) is 5.75 Å². The molecule has 1 heterocycles. The standard InChI is InChI=1S/C20H24N2O2S/c1-24-19-11-8-17(9-12-19)7-10-18-5-2-3-14-22(18)15-4-6-20(23)21-13-16-25/h2-3,5,7-12,14H,4,6,13,15-16H2,1H3,(H-,21,23,25)/p+1. The van der Waals surface area contributed by atoms with Crippen molar-refractivity contribution in [2.24, 2.45) is 0 Å². The molecule has 1 N–H and O–H groups in total. The topological polar surface area (TPSA) is 42.2 Å². The number of nitrogens with one attached hydrogen (secondary N) is 1. The molecule has 0 saturated heterocycles. The van der Waals surface area contributed by atoms with E-state index in [-0.39, 0.29) is 5.91 Å². The molecule has 0 aliphatic carbocycles. The highest BCUT2D eigenvalue weighted by Crippen LogP contribution is 2.13. The molecule has 2 rings (SSSR count). The average Bonchev–Trinajstić information content (AvgIpc) is 2.66. The summed E-state index contributed by atoms with van der Waals surface area (Å²) in [6.07, 6.45) is 7.53. The van der Waals surface area contributed by atoms with Crippen LogP contribution in [0.1, 0.15) is 24.1 Å². The molecule has 132 valence electrons. The van der Waals surface area contributed by atoms with E-state index in [4.69, 9.17) is 4.74 Å². The molecule has 25 heavy (non-hydrogen) atoms. The Morgan fingerprint density at radius 3 is 2.72 bits per heavy atom. The number of methoxy groups -OCH3 is 1. The Morgan fingerprint density at radius 1 is 1.20 bits per heavy atom. The SMILES string of the molecule is COc1ccc(C=Cc2cccc[n+]2CCCC(=O)NCCS)cc1. The van der Waals surface area contributed by atoms with Crippen molar-refractivity contribution in [1.29, 1.82) is 0 Å². The fraction of sp³-hybridized carbons (Fsp3) is 0.300. The Morgan fingerprint density at radius 2 is 2.00 bits per heavy atom. The van der Waals surface area contributed by atoms with Gasteiger partial charge in [-0.25, -0.2) is 0 Å². The van der Waals surface area contributed by atoms with Gasteiger partial charge in [0.2, 0.25) is 11.6 Å². The number of aromatic nitrogens is 1. The number of hydrogen-bond donors (Lipinski definition) is 2. The van der Waals surface area contributed by atoms with E-state index in [2.05, 4.69) is 40.7 Å². The predicted molar refractivity (Wildman–Crippen MR) is 105 cm³/mol. The van der Waals surface area contributed by atoms with Crippen LogP contribution in [0.2, 0.25) is 0 Å². The summed E-state index contributed by atoms with van der Waals surface area (Å²) in [7, 11) is 1.66. The average molecular weight is 357 g/mol. The molecule has 0 atom stereocenters. The molecular formula is C20H25N2O2S+. The van der Waals surface area contributed by atoms with Crippen LogP contribution >= 0.6 is 12.6 Å². The number of carbonyl (C=O) groups is 1. The minimum absolute atomic E-state index is 0.0842. The molecule has 5 heteroatoms. The summed E-state index contributed by atoms with van der Waals surface area (Å²) in [5.74, 6) is 1.60. The maximum Gasteiger partial charge on any atom is 0.220 e. The molecule has 1 amide bonds. The molecule has 0 bridgehead atoms. The smallest absolute Gasteiger partial charge is 0.220 e. The maximum atomic E-state index is 11.7. The van der Waals surface area contributed by atoms with E-state index in [9.17, 15) is 4.79 Å². The van der Waals surface area contributed by atoms with E-state index < -0.39 is 0 Å². The lowest BCUT2D eigenvalue weighted by Crippen LogP contribution is -2.37. The van der Waals surface area contributed by atoms with Gasteiger partial charge in [0.1, 0.15) is 12.3 Å². The van der Waals surface area contributed by atoms with Crippen molar-refractivity contribution >= 4 is 30.7 Å². The number of hydrogen-bond acceptors (Lipinski definition) is 3. The lowest BCUT2D eigenvalue weighted by atomic mass is 10.2. The fourth-order valence-corrected chi connectivity index (χ4v) is 2.55. The minimum Gasteiger partial charge on any atom is -0.497 e. The minimum atomic E-state index is 0.0842. The van der Waals surface area contributed by atoms with Crippen LogP contribution in [0.3, 0.4) is 0 Å². The van der Waals surface area contributed by atoms with Gasteiger partial charge in [-0.1, -0.05) is 12.1 Å². The zero-order valence-corrected chi connectivity index (χ0v) is 15.4. The van der Waals surface area contributed by atoms with Crippen LogP contribution in [-0.4, -0.2) is 25.3 Å². The zero-order valence-electron chi connectivity index (χ0n) is 14.5. The van der Waals surface area contributed by atoms with E-state index in [1.807, 2.05) is 42.6 Å². The predicted octanol–water partition coefficient (Wildman–Crippen LogP) is 2.98. The first kappa shape index (κ1) is 19.1. The van der Waals surface area contributed by atoms with Gasteiger partial charge in [0, 0.05) is 43.3 Å². The highest BCUT2D eigenvalue weighted by Gasteiger charge is 2.08. The molecular weight excluding hydrogens is 332 g/mol. The number of nitrogens with zero attached hydrogens (tertiary/aromatic N) is 1. The fourth-order valence-electron chi connectivity index (χ4n) is 2.43. The Kier molecular flexibility index (Phi) is 8.05. The highest BCUT2D eigenvalue weighted by atomic mass is 32.1. The molecule has 1 aromatic carbocycles. The van der Waals surface area contributed by atoms with E-state index in [1.165, 1.54) is 0 Å². The molecule has 4 nitrogen and oxygen atoms in total. The Hall–Kier alpha value is -2.27. The Bertz CT molecular complexity index is 699. The second-order valence-corrected chi connectivity index (χ2v) is 6.05. The number of aryl methyl sites for hydroxylation is 1. The van der Waals surface area contributed by atoms with Crippen molar-refractivity contribution in [2.45, 2.75) is 19.4 Å². The molecule has 1 aromatic heterocycles. The third kappa shape index (κ3) is 6.63. The first-order valence-corrected chi connectivity index (χ1v) is 9.04. The van der Waals surface area contributed by atoms with Gasteiger partial charge in [-0.15, -0.1) is 0 Å². The number of rotatable bonds is 9. The van der Waals surface area contributed by atoms with Crippen LogP contribution in [0.4, 0.5) is 0 Å². The van der Waals surface area contributed by atoms with E-state index in [0.717, 1.165) is 30.0 Å². The quantitative estimate of drug-likeness (QED) is 0.535. The molecule has 0 saturated carbocycles. The summed E-state index contributed by atoms with van der Waals surface area (Å²) >= 11 is 4.09. The van der Waals surface area contributed by atoms with Gasteiger partial charge in [-0.2, -0.15) is 17.2 Å². The number of pyridine rings is 1. The largest absolute Gasteiger partial charge is 0.497 e. The van der Waals surface area contributed by atoms with Crippen molar-refractivity contribution < 1.29 is 14.1 Å². The second-order valence-electron chi connectivity index (χ2n) is 5.60. The second kappa shape index (κ2) is 10.6. The van der Waals surface area contributed by atoms with Crippen LogP contribution in [0.25, 0.3) is 12.2 Å². The summed E-state index contributed by atoms with van der Waals surface area (Å²) in [5.41, 5.74) is 2.22. The molecule has 0 spiro atoms. The Balaban J connectivity index is 1.95. The van der Waals surface area contributed by atoms with Crippen molar-refractivity contribution in [3.63, 3.8) is 0 Å². The van der Waals surface area contributed by atoms with Crippen molar-refractivity contribution in [2.75, 3.05) is 19.4 Å². The van der Waals surface area contributed by atoms with E-state index in [1.54, 1.807) is 7.11 Å². The van der Waals surface area contributed by atoms with E-state index >= 15 is 0 Å². The number of amides is 1. The van der Waals surface area contributed by atoms with Gasteiger partial charge in [0.05, 0.1) is 7.11 Å². The molecule has 0 fully saturated rings. The van der Waals surface area contributed by atoms with Crippen molar-refractivity contribution in [3.05, 3.63) is 59.9 Å². The highest BCUT2D eigenvalue weighted by molar-refractivity contribution is 7.80. The molecule has 0 radical (unpaired) electrons. The van der Waals surface area contributed by atoms with Gasteiger partial charge >= 0.3 is 0 Å². The molecule has 0 aliphatic heterocycles. The Labute approximate surface area is 154 Å². The van der Waals surface area contributed by atoms with Gasteiger partial charge in [0.15, 0.2) is 6.20 Å². The molecule has 2 aromatic rings. The van der Waals surface area contributed by atoms with Crippen molar-refractivity contribution in [3.8, 4) is 5.75 Å². The first-order chi connectivity index (χ1) is 12.2. The van der Waals surface area contributed by atoms with Crippen LogP contribution < -0.4 is 14.6 Å². The van der Waals surface area contributed by atoms with E-state index in [0.29, 0.717) is 18.7 Å². The maximum absolute atomic E-state index is 11.7. The number of ether oxygens (including phenoxy) is 1. The van der Waals surface area contributed by atoms with Gasteiger partial charge < -0.3 is 10.1 Å². The molecule has 0 aliphatic rings. The third-order valence-corrected chi connectivity index (χ3v) is 4.00.